The van der Waals surface area contributed by atoms with Gasteiger partial charge < -0.3 is 4.74 Å². The second kappa shape index (κ2) is 6.76. The first-order valence-corrected chi connectivity index (χ1v) is 6.21. The van der Waals surface area contributed by atoms with Crippen molar-refractivity contribution in [2.75, 3.05) is 12.5 Å². The van der Waals surface area contributed by atoms with Crippen LogP contribution in [-0.2, 0) is 0 Å². The van der Waals surface area contributed by atoms with Gasteiger partial charge in [0.2, 0.25) is 0 Å². The Hall–Kier alpha value is -0.880. The smallest absolute Gasteiger partial charge is 0.312 e. The van der Waals surface area contributed by atoms with Gasteiger partial charge in [-0.2, -0.15) is 0 Å². The van der Waals surface area contributed by atoms with E-state index in [2.05, 4.69) is 15.9 Å². The van der Waals surface area contributed by atoms with Gasteiger partial charge in [0.25, 0.3) is 0 Å². The van der Waals surface area contributed by atoms with Crippen LogP contribution in [0.5, 0.6) is 5.75 Å². The molecule has 0 amide bonds. The van der Waals surface area contributed by atoms with Gasteiger partial charge in [0.05, 0.1) is 16.0 Å². The molecule has 7 heteroatoms. The SMILES string of the molecule is O=[N+]([O-])c1cc(Br)c(F)cc1OCCCCCl. The molecular formula is C10H10BrClFNO3. The molecule has 0 fully saturated rings. The fraction of sp³-hybridized carbons (Fsp3) is 0.400. The van der Waals surface area contributed by atoms with Crippen molar-refractivity contribution in [3.8, 4) is 5.75 Å². The highest BCUT2D eigenvalue weighted by Gasteiger charge is 2.18. The Balaban J connectivity index is 2.81. The van der Waals surface area contributed by atoms with E-state index in [1.807, 2.05) is 0 Å². The number of nitro groups is 1. The van der Waals surface area contributed by atoms with Crippen LogP contribution in [0.3, 0.4) is 0 Å². The highest BCUT2D eigenvalue weighted by molar-refractivity contribution is 9.10. The van der Waals surface area contributed by atoms with E-state index < -0.39 is 10.7 Å². The maximum absolute atomic E-state index is 13.2. The Labute approximate surface area is 111 Å². The van der Waals surface area contributed by atoms with Crippen molar-refractivity contribution in [3.05, 3.63) is 32.5 Å². The van der Waals surface area contributed by atoms with Crippen LogP contribution < -0.4 is 4.74 Å². The Bertz CT molecular complexity index is 417. The van der Waals surface area contributed by atoms with Gasteiger partial charge in [-0.1, -0.05) is 0 Å². The van der Waals surface area contributed by atoms with Crippen LogP contribution in [0.2, 0.25) is 0 Å². The van der Waals surface area contributed by atoms with Gasteiger partial charge >= 0.3 is 5.69 Å². The Morgan fingerprint density at radius 1 is 1.47 bits per heavy atom. The molecule has 1 aromatic carbocycles. The molecule has 1 rings (SSSR count). The van der Waals surface area contributed by atoms with E-state index in [1.54, 1.807) is 0 Å². The first-order valence-electron chi connectivity index (χ1n) is 4.88. The summed E-state index contributed by atoms with van der Waals surface area (Å²) in [5.74, 6) is -0.159. The lowest BCUT2D eigenvalue weighted by molar-refractivity contribution is -0.386. The van der Waals surface area contributed by atoms with E-state index in [1.165, 1.54) is 0 Å². The van der Waals surface area contributed by atoms with Crippen molar-refractivity contribution in [2.24, 2.45) is 0 Å². The normalized spacial score (nSPS) is 10.3. The summed E-state index contributed by atoms with van der Waals surface area (Å²) in [5, 5.41) is 10.7. The van der Waals surface area contributed by atoms with Crippen LogP contribution in [-0.4, -0.2) is 17.4 Å². The number of alkyl halides is 1. The Kier molecular flexibility index (Phi) is 5.64. The predicted molar refractivity (Wildman–Crippen MR) is 66.2 cm³/mol. The molecule has 0 spiro atoms. The molecule has 0 aliphatic carbocycles. The van der Waals surface area contributed by atoms with Gasteiger partial charge in [-0.15, -0.1) is 11.6 Å². The zero-order chi connectivity index (χ0) is 12.8. The summed E-state index contributed by atoms with van der Waals surface area (Å²) in [6, 6.07) is 2.09. The fourth-order valence-electron chi connectivity index (χ4n) is 1.16. The molecule has 0 unspecified atom stereocenters. The molecule has 0 heterocycles. The molecule has 0 aliphatic heterocycles. The summed E-state index contributed by atoms with van der Waals surface area (Å²) in [6.45, 7) is 0.272. The van der Waals surface area contributed by atoms with Crippen molar-refractivity contribution in [1.29, 1.82) is 0 Å². The number of hydrogen-bond acceptors (Lipinski definition) is 3. The minimum absolute atomic E-state index is 0.0392. The molecule has 0 radical (unpaired) electrons. The number of halogens is 3. The van der Waals surface area contributed by atoms with E-state index in [0.29, 0.717) is 12.3 Å². The summed E-state index contributed by atoms with van der Waals surface area (Å²) in [6.07, 6.45) is 1.41. The molecule has 0 saturated heterocycles. The van der Waals surface area contributed by atoms with Crippen LogP contribution in [0.1, 0.15) is 12.8 Å². The molecule has 0 atom stereocenters. The van der Waals surface area contributed by atoms with Gasteiger partial charge in [-0.3, -0.25) is 10.1 Å². The van der Waals surface area contributed by atoms with E-state index in [4.69, 9.17) is 16.3 Å². The third-order valence-electron chi connectivity index (χ3n) is 1.98. The van der Waals surface area contributed by atoms with Gasteiger partial charge in [-0.05, 0) is 28.8 Å². The number of nitro benzene ring substituents is 1. The van der Waals surface area contributed by atoms with E-state index >= 15 is 0 Å². The lowest BCUT2D eigenvalue weighted by atomic mass is 10.3. The molecule has 4 nitrogen and oxygen atoms in total. The number of hydrogen-bond donors (Lipinski definition) is 0. The third-order valence-corrected chi connectivity index (χ3v) is 2.86. The second-order valence-corrected chi connectivity index (χ2v) is 4.47. The Morgan fingerprint density at radius 2 is 2.18 bits per heavy atom. The predicted octanol–water partition coefficient (Wildman–Crippen LogP) is 3.89. The van der Waals surface area contributed by atoms with E-state index in [-0.39, 0.29) is 22.5 Å². The van der Waals surface area contributed by atoms with Gasteiger partial charge in [0, 0.05) is 18.0 Å². The minimum Gasteiger partial charge on any atom is -0.487 e. The molecule has 1 aromatic rings. The van der Waals surface area contributed by atoms with Crippen molar-refractivity contribution in [2.45, 2.75) is 12.8 Å². The Morgan fingerprint density at radius 3 is 2.76 bits per heavy atom. The molecule has 0 aliphatic rings. The van der Waals surface area contributed by atoms with Crippen LogP contribution in [0.25, 0.3) is 0 Å². The number of unbranched alkanes of at least 4 members (excludes halogenated alkanes) is 1. The first-order chi connectivity index (χ1) is 8.06. The van der Waals surface area contributed by atoms with Crippen molar-refractivity contribution in [1.82, 2.24) is 0 Å². The zero-order valence-electron chi connectivity index (χ0n) is 8.79. The van der Waals surface area contributed by atoms with Crippen molar-refractivity contribution in [3.63, 3.8) is 0 Å². The summed E-state index contributed by atoms with van der Waals surface area (Å²) < 4.78 is 18.4. The highest BCUT2D eigenvalue weighted by Crippen LogP contribution is 2.32. The molecule has 17 heavy (non-hydrogen) atoms. The third kappa shape index (κ3) is 4.12. The molecule has 94 valence electrons. The van der Waals surface area contributed by atoms with Crippen LogP contribution >= 0.6 is 27.5 Å². The fourth-order valence-corrected chi connectivity index (χ4v) is 1.68. The lowest BCUT2D eigenvalue weighted by Gasteiger charge is -2.07. The van der Waals surface area contributed by atoms with E-state index in [9.17, 15) is 14.5 Å². The summed E-state index contributed by atoms with van der Waals surface area (Å²) >= 11 is 8.37. The van der Waals surface area contributed by atoms with Gasteiger partial charge in [-0.25, -0.2) is 4.39 Å². The number of ether oxygens (including phenoxy) is 1. The number of nitrogens with zero attached hydrogens (tertiary/aromatic N) is 1. The summed E-state index contributed by atoms with van der Waals surface area (Å²) in [4.78, 5) is 10.1. The number of rotatable bonds is 6. The monoisotopic (exact) mass is 325 g/mol. The second-order valence-electron chi connectivity index (χ2n) is 3.24. The largest absolute Gasteiger partial charge is 0.487 e. The quantitative estimate of drug-likeness (QED) is 0.345. The lowest BCUT2D eigenvalue weighted by Crippen LogP contribution is -2.01. The van der Waals surface area contributed by atoms with Gasteiger partial charge in [0.15, 0.2) is 5.75 Å². The van der Waals surface area contributed by atoms with Crippen molar-refractivity contribution < 1.29 is 14.1 Å². The van der Waals surface area contributed by atoms with Crippen LogP contribution in [0.4, 0.5) is 10.1 Å². The zero-order valence-corrected chi connectivity index (χ0v) is 11.1. The highest BCUT2D eigenvalue weighted by atomic mass is 79.9. The van der Waals surface area contributed by atoms with Gasteiger partial charge in [0.1, 0.15) is 5.82 Å². The van der Waals surface area contributed by atoms with E-state index in [0.717, 1.165) is 18.6 Å². The molecule has 0 bridgehead atoms. The molecule has 0 aromatic heterocycles. The topological polar surface area (TPSA) is 52.4 Å². The average Bonchev–Trinajstić information content (AvgIpc) is 2.28. The standard InChI is InChI=1S/C10H10BrClFNO3/c11-7-5-9(14(15)16)10(6-8(7)13)17-4-2-1-3-12/h5-6H,1-4H2. The maximum atomic E-state index is 13.2. The summed E-state index contributed by atoms with van der Waals surface area (Å²) in [5.41, 5.74) is -0.260. The molecular weight excluding hydrogens is 316 g/mol. The average molecular weight is 327 g/mol. The maximum Gasteiger partial charge on any atom is 0.312 e. The van der Waals surface area contributed by atoms with Crippen LogP contribution in [0.15, 0.2) is 16.6 Å². The summed E-state index contributed by atoms with van der Waals surface area (Å²) in [7, 11) is 0. The van der Waals surface area contributed by atoms with Crippen LogP contribution in [0, 0.1) is 15.9 Å². The number of benzene rings is 1. The first kappa shape index (κ1) is 14.2. The molecule has 0 saturated carbocycles. The molecule has 0 N–H and O–H groups in total. The minimum atomic E-state index is -0.610. The van der Waals surface area contributed by atoms with Crippen molar-refractivity contribution >= 4 is 33.2 Å².